The number of hydrogen-bond donors (Lipinski definition) is 0. The van der Waals surface area contributed by atoms with Crippen molar-refractivity contribution >= 4 is 10.4 Å². The molecule has 0 aliphatic heterocycles. The van der Waals surface area contributed by atoms with E-state index in [1.807, 2.05) is 0 Å². The zero-order valence-electron chi connectivity index (χ0n) is 12.9. The summed E-state index contributed by atoms with van der Waals surface area (Å²) >= 11 is -1.27. The molecule has 0 radical (unpaired) electrons. The summed E-state index contributed by atoms with van der Waals surface area (Å²) in [5.74, 6) is 0. The topological polar surface area (TPSA) is 46.1 Å². The van der Waals surface area contributed by atoms with E-state index in [0.717, 1.165) is 14.2 Å². The Hall–Kier alpha value is -1.06. The Balaban J connectivity index is 0.000000510. The molecule has 0 saturated heterocycles. The van der Waals surface area contributed by atoms with E-state index in [1.54, 1.807) is 9.44 Å². The maximum atomic E-state index is 8.25. The molecule has 2 aliphatic rings. The predicted molar refractivity (Wildman–Crippen MR) is 83.6 cm³/mol. The van der Waals surface area contributed by atoms with Crippen molar-refractivity contribution in [1.82, 2.24) is 0 Å². The molecule has 0 fully saturated rings. The van der Waals surface area contributed by atoms with Crippen LogP contribution in [0.5, 0.6) is 0 Å². The van der Waals surface area contributed by atoms with Gasteiger partial charge >= 0.3 is 109 Å². The van der Waals surface area contributed by atoms with E-state index in [2.05, 4.69) is 65.9 Å². The van der Waals surface area contributed by atoms with Gasteiger partial charge in [-0.2, -0.15) is 14.2 Å². The number of fused-ring (bicyclic) bond motifs is 1. The molecule has 0 aromatic heterocycles. The third-order valence-corrected chi connectivity index (χ3v) is 8.13. The third kappa shape index (κ3) is 4.21. The van der Waals surface area contributed by atoms with Crippen molar-refractivity contribution in [1.29, 1.82) is 0 Å². The summed E-state index contributed by atoms with van der Waals surface area (Å²) in [6, 6.07) is 8.85. The number of hydrogen-bond acceptors (Lipinski definition) is 2. The van der Waals surface area contributed by atoms with Gasteiger partial charge in [-0.3, -0.25) is 0 Å². The smallest absolute Gasteiger partial charge is 0.153 e. The maximum absolute atomic E-state index is 8.25. The van der Waals surface area contributed by atoms with Crippen LogP contribution in [0.1, 0.15) is 28.7 Å². The van der Waals surface area contributed by atoms with Crippen molar-refractivity contribution in [2.24, 2.45) is 0 Å². The second kappa shape index (κ2) is 9.80. The van der Waals surface area contributed by atoms with Gasteiger partial charge in [0.2, 0.25) is 0 Å². The van der Waals surface area contributed by atoms with E-state index in [4.69, 9.17) is 10.2 Å². The largest absolute Gasteiger partial charge is 0.857 e. The van der Waals surface area contributed by atoms with Gasteiger partial charge in [0.25, 0.3) is 0 Å². The van der Waals surface area contributed by atoms with Crippen LogP contribution < -0.4 is 10.2 Å². The number of benzene rings is 1. The monoisotopic (exact) mass is 318 g/mol. The molecule has 110 valence electrons. The van der Waals surface area contributed by atoms with Crippen LogP contribution in [0.15, 0.2) is 52.4 Å². The number of rotatable bonds is 2. The number of allylic oxidation sites excluding steroid dienone is 5. The summed E-state index contributed by atoms with van der Waals surface area (Å²) in [6.45, 7) is 2.25. The van der Waals surface area contributed by atoms with Crippen LogP contribution in [0.2, 0.25) is 0 Å². The van der Waals surface area contributed by atoms with E-state index in [9.17, 15) is 0 Å². The molecule has 0 bridgehead atoms. The molecule has 1 aromatic carbocycles. The van der Waals surface area contributed by atoms with Crippen LogP contribution in [-0.2, 0) is 17.4 Å². The molecule has 0 saturated carbocycles. The van der Waals surface area contributed by atoms with E-state index < -0.39 is 17.4 Å². The van der Waals surface area contributed by atoms with Crippen LogP contribution >= 0.6 is 0 Å². The van der Waals surface area contributed by atoms with Crippen LogP contribution in [0, 0.1) is 0 Å². The van der Waals surface area contributed by atoms with Crippen molar-refractivity contribution < 1.29 is 27.6 Å². The minimum Gasteiger partial charge on any atom is -0.857 e. The van der Waals surface area contributed by atoms with Gasteiger partial charge in [-0.25, -0.2) is 0 Å². The van der Waals surface area contributed by atoms with Gasteiger partial charge in [0, 0.05) is 0 Å². The first-order valence-corrected chi connectivity index (χ1v) is 9.59. The molecule has 0 amide bonds. The van der Waals surface area contributed by atoms with Crippen LogP contribution in [0.25, 0.3) is 6.08 Å². The van der Waals surface area contributed by atoms with Crippen molar-refractivity contribution in [2.75, 3.05) is 14.2 Å². The summed E-state index contributed by atoms with van der Waals surface area (Å²) < 4.78 is 4.91. The average Bonchev–Trinajstić information content (AvgIpc) is 3.23. The van der Waals surface area contributed by atoms with Gasteiger partial charge < -0.3 is 10.2 Å². The molecule has 1 atom stereocenters. The van der Waals surface area contributed by atoms with Gasteiger partial charge in [-0.15, -0.1) is 0 Å². The fourth-order valence-electron chi connectivity index (χ4n) is 2.75. The quantitative estimate of drug-likeness (QED) is 0.783. The van der Waals surface area contributed by atoms with Gasteiger partial charge in [0.15, 0.2) is 0 Å². The Labute approximate surface area is 133 Å². The molecule has 2 aliphatic carbocycles. The summed E-state index contributed by atoms with van der Waals surface area (Å²) in [4.78, 5) is 0. The van der Waals surface area contributed by atoms with Crippen molar-refractivity contribution in [3.8, 4) is 0 Å². The Morgan fingerprint density at radius 3 is 2.48 bits per heavy atom. The summed E-state index contributed by atoms with van der Waals surface area (Å²) in [5, 5.41) is 16.5. The summed E-state index contributed by atoms with van der Waals surface area (Å²) in [7, 11) is 1.50. The fourth-order valence-corrected chi connectivity index (χ4v) is 6.92. The molecule has 21 heavy (non-hydrogen) atoms. The van der Waals surface area contributed by atoms with E-state index in [0.29, 0.717) is 4.22 Å². The Morgan fingerprint density at radius 1 is 1.14 bits per heavy atom. The minimum atomic E-state index is -1.27. The molecule has 3 heteroatoms. The molecule has 0 heterocycles. The Morgan fingerprint density at radius 2 is 1.86 bits per heavy atom. The Bertz CT molecular complexity index is 568. The molecule has 1 aromatic rings. The normalized spacial score (nSPS) is 17.4. The molecule has 1 unspecified atom stereocenters. The summed E-state index contributed by atoms with van der Waals surface area (Å²) in [5.41, 5.74) is 2.98. The first kappa shape index (κ1) is 18.0. The zero-order valence-corrected chi connectivity index (χ0v) is 14.4. The van der Waals surface area contributed by atoms with Crippen molar-refractivity contribution in [3.05, 3.63) is 63.6 Å². The molecule has 0 spiro atoms. The first-order valence-electron chi connectivity index (χ1n) is 7.01. The van der Waals surface area contributed by atoms with Gasteiger partial charge in [-0.05, 0) is 0 Å². The first-order chi connectivity index (χ1) is 10.4. The second-order valence-corrected chi connectivity index (χ2v) is 8.83. The van der Waals surface area contributed by atoms with Gasteiger partial charge in [0.05, 0.1) is 0 Å². The standard InChI is InChI=1S/C9H7.C5H5.C2H4.2CH3O.Ti/c1-2-5-9-7-3-6-8(9)4-1;1-2-4-5-3-1;3*1-2;/h1-7H;1-3H,4H2;1H,2H3;2*1H3;/q;;;2*-1;+2. The molecule has 3 rings (SSSR count). The third-order valence-electron chi connectivity index (χ3n) is 3.59. The zero-order chi connectivity index (χ0) is 15.7. The van der Waals surface area contributed by atoms with E-state index in [-0.39, 0.29) is 0 Å². The van der Waals surface area contributed by atoms with Crippen molar-refractivity contribution in [2.45, 2.75) is 17.6 Å². The van der Waals surface area contributed by atoms with Crippen LogP contribution in [-0.4, -0.2) is 18.5 Å². The van der Waals surface area contributed by atoms with E-state index >= 15 is 0 Å². The van der Waals surface area contributed by atoms with Crippen LogP contribution in [0.4, 0.5) is 0 Å². The maximum Gasteiger partial charge on any atom is -0.153 e. The Kier molecular flexibility index (Phi) is 8.40. The summed E-state index contributed by atoms with van der Waals surface area (Å²) in [6.07, 6.45) is 12.8. The fraction of sp³-hybridized carbons (Fsp3) is 0.278. The minimum absolute atomic E-state index is 0.697. The SMILES string of the molecule is C/[CH]=[Ti+2](\[C]1=CC=CC1)[CH]1C=Cc2ccccc21.C[O-].C[O-]. The molecule has 0 N–H and O–H groups in total. The van der Waals surface area contributed by atoms with E-state index in [1.165, 1.54) is 12.0 Å². The average molecular weight is 318 g/mol. The molecular formula is C18H22O2Ti. The van der Waals surface area contributed by atoms with Crippen LogP contribution in [0.3, 0.4) is 0 Å². The predicted octanol–water partition coefficient (Wildman–Crippen LogP) is 1.99. The molecular weight excluding hydrogens is 296 g/mol. The molecule has 2 nitrogen and oxygen atoms in total. The van der Waals surface area contributed by atoms with Gasteiger partial charge in [-0.1, -0.05) is 0 Å². The van der Waals surface area contributed by atoms with Crippen molar-refractivity contribution in [3.63, 3.8) is 0 Å². The van der Waals surface area contributed by atoms with Gasteiger partial charge in [0.1, 0.15) is 0 Å². The second-order valence-electron chi connectivity index (χ2n) is 4.53.